The number of hydrogen-bond donors (Lipinski definition) is 1. The molecule has 2 aromatic rings. The Morgan fingerprint density at radius 3 is 2.70 bits per heavy atom. The summed E-state index contributed by atoms with van der Waals surface area (Å²) >= 11 is 0. The van der Waals surface area contributed by atoms with E-state index in [2.05, 4.69) is 11.4 Å². The molecule has 0 amide bonds. The summed E-state index contributed by atoms with van der Waals surface area (Å²) in [4.78, 5) is 0. The van der Waals surface area contributed by atoms with E-state index >= 15 is 0 Å². The average molecular weight is 266 g/mol. The van der Waals surface area contributed by atoms with Crippen LogP contribution < -0.4 is 5.32 Å². The first-order valence-corrected chi connectivity index (χ1v) is 6.75. The van der Waals surface area contributed by atoms with Gasteiger partial charge < -0.3 is 5.32 Å². The molecule has 2 nitrogen and oxygen atoms in total. The van der Waals surface area contributed by atoms with E-state index in [1.54, 1.807) is 13.0 Å². The van der Waals surface area contributed by atoms with E-state index in [1.165, 1.54) is 24.5 Å². The number of hydrogen-bond acceptors (Lipinski definition) is 2. The fourth-order valence-electron chi connectivity index (χ4n) is 2.32. The molecule has 3 heteroatoms. The first kappa shape index (κ1) is 12.7. The fourth-order valence-corrected chi connectivity index (χ4v) is 2.32. The van der Waals surface area contributed by atoms with Crippen LogP contribution in [-0.2, 0) is 0 Å². The lowest BCUT2D eigenvalue weighted by molar-refractivity contribution is 0.619. The molecule has 0 bridgehead atoms. The molecule has 0 aromatic heterocycles. The number of nitrogens with zero attached hydrogens (tertiary/aromatic N) is 1. The smallest absolute Gasteiger partial charge is 0.128 e. The molecular formula is C17H15FN2. The molecule has 1 aliphatic rings. The summed E-state index contributed by atoms with van der Waals surface area (Å²) < 4.78 is 13.6. The Morgan fingerprint density at radius 1 is 1.20 bits per heavy atom. The summed E-state index contributed by atoms with van der Waals surface area (Å²) in [5.74, 6) is 0.378. The van der Waals surface area contributed by atoms with Gasteiger partial charge in [0.15, 0.2) is 0 Å². The lowest BCUT2D eigenvalue weighted by atomic mass is 10.1. The molecule has 20 heavy (non-hydrogen) atoms. The third-order valence-corrected chi connectivity index (χ3v) is 3.75. The maximum absolute atomic E-state index is 13.6. The summed E-state index contributed by atoms with van der Waals surface area (Å²) in [6.07, 6.45) is 2.43. The minimum absolute atomic E-state index is 0.244. The van der Waals surface area contributed by atoms with E-state index in [1.807, 2.05) is 24.3 Å². The van der Waals surface area contributed by atoms with E-state index in [-0.39, 0.29) is 5.82 Å². The number of benzene rings is 2. The second-order valence-electron chi connectivity index (χ2n) is 5.23. The molecule has 1 saturated carbocycles. The van der Waals surface area contributed by atoms with Crippen LogP contribution in [0.5, 0.6) is 0 Å². The van der Waals surface area contributed by atoms with Crippen LogP contribution in [0, 0.1) is 24.1 Å². The molecule has 0 atom stereocenters. The van der Waals surface area contributed by atoms with E-state index in [0.717, 1.165) is 5.69 Å². The minimum Gasteiger partial charge on any atom is -0.354 e. The van der Waals surface area contributed by atoms with Crippen LogP contribution in [0.15, 0.2) is 36.4 Å². The van der Waals surface area contributed by atoms with Crippen LogP contribution in [0.1, 0.15) is 35.4 Å². The second kappa shape index (κ2) is 4.97. The van der Waals surface area contributed by atoms with Crippen molar-refractivity contribution in [2.75, 3.05) is 5.32 Å². The molecule has 0 unspecified atom stereocenters. The highest BCUT2D eigenvalue weighted by molar-refractivity contribution is 5.69. The van der Waals surface area contributed by atoms with Gasteiger partial charge in [-0.15, -0.1) is 0 Å². The Bertz CT molecular complexity index is 697. The predicted molar refractivity (Wildman–Crippen MR) is 77.6 cm³/mol. The molecule has 2 aromatic carbocycles. The predicted octanol–water partition coefficient (Wildman–Crippen LogP) is 4.63. The van der Waals surface area contributed by atoms with Crippen LogP contribution >= 0.6 is 0 Å². The van der Waals surface area contributed by atoms with Gasteiger partial charge in [0.05, 0.1) is 11.3 Å². The van der Waals surface area contributed by atoms with Crippen molar-refractivity contribution in [3.8, 4) is 6.07 Å². The highest BCUT2D eigenvalue weighted by Gasteiger charge is 2.24. The Labute approximate surface area is 117 Å². The van der Waals surface area contributed by atoms with Crippen LogP contribution in [0.3, 0.4) is 0 Å². The van der Waals surface area contributed by atoms with Gasteiger partial charge in [-0.3, -0.25) is 0 Å². The molecule has 1 aliphatic carbocycles. The zero-order chi connectivity index (χ0) is 14.1. The van der Waals surface area contributed by atoms with Crippen molar-refractivity contribution in [1.82, 2.24) is 0 Å². The molecule has 100 valence electrons. The molecule has 0 spiro atoms. The number of anilines is 2. The molecule has 0 aliphatic heterocycles. The third kappa shape index (κ3) is 2.37. The quantitative estimate of drug-likeness (QED) is 0.879. The van der Waals surface area contributed by atoms with E-state index in [0.29, 0.717) is 22.7 Å². The Hall–Kier alpha value is -2.34. The third-order valence-electron chi connectivity index (χ3n) is 3.75. The molecule has 0 radical (unpaired) electrons. The number of nitriles is 1. The van der Waals surface area contributed by atoms with Crippen LogP contribution in [-0.4, -0.2) is 0 Å². The topological polar surface area (TPSA) is 35.8 Å². The van der Waals surface area contributed by atoms with E-state index in [4.69, 9.17) is 0 Å². The minimum atomic E-state index is -0.244. The number of rotatable bonds is 3. The van der Waals surface area contributed by atoms with Gasteiger partial charge in [-0.2, -0.15) is 5.26 Å². The zero-order valence-corrected chi connectivity index (χ0v) is 11.3. The average Bonchev–Trinajstić information content (AvgIpc) is 3.28. The Kier molecular flexibility index (Phi) is 3.15. The molecule has 1 fully saturated rings. The van der Waals surface area contributed by atoms with Crippen molar-refractivity contribution in [2.45, 2.75) is 25.7 Å². The SMILES string of the molecule is Cc1c(F)cccc1Nc1cc(C2CC2)ccc1C#N. The van der Waals surface area contributed by atoms with Crippen molar-refractivity contribution in [2.24, 2.45) is 0 Å². The lowest BCUT2D eigenvalue weighted by Crippen LogP contribution is -1.98. The maximum Gasteiger partial charge on any atom is 0.128 e. The van der Waals surface area contributed by atoms with Gasteiger partial charge in [-0.25, -0.2) is 4.39 Å². The van der Waals surface area contributed by atoms with Gasteiger partial charge in [0.1, 0.15) is 11.9 Å². The standard InChI is InChI=1S/C17H15FN2/c1-11-15(18)3-2-4-16(11)20-17-9-13(12-5-6-12)7-8-14(17)10-19/h2-4,7-9,12,20H,5-6H2,1H3. The Balaban J connectivity index is 1.98. The molecule has 1 N–H and O–H groups in total. The van der Waals surface area contributed by atoms with E-state index in [9.17, 15) is 9.65 Å². The molecular weight excluding hydrogens is 251 g/mol. The summed E-state index contributed by atoms with van der Waals surface area (Å²) in [6, 6.07) is 13.0. The second-order valence-corrected chi connectivity index (χ2v) is 5.23. The van der Waals surface area contributed by atoms with Gasteiger partial charge in [-0.1, -0.05) is 12.1 Å². The highest BCUT2D eigenvalue weighted by atomic mass is 19.1. The number of nitrogens with one attached hydrogen (secondary N) is 1. The zero-order valence-electron chi connectivity index (χ0n) is 11.3. The maximum atomic E-state index is 13.6. The Morgan fingerprint density at radius 2 is 2.00 bits per heavy atom. The van der Waals surface area contributed by atoms with Crippen molar-refractivity contribution in [3.05, 3.63) is 58.9 Å². The number of halogens is 1. The van der Waals surface area contributed by atoms with Crippen molar-refractivity contribution in [3.63, 3.8) is 0 Å². The molecule has 0 saturated heterocycles. The lowest BCUT2D eigenvalue weighted by Gasteiger charge is -2.12. The van der Waals surface area contributed by atoms with Crippen LogP contribution in [0.25, 0.3) is 0 Å². The molecule has 3 rings (SSSR count). The van der Waals surface area contributed by atoms with E-state index < -0.39 is 0 Å². The largest absolute Gasteiger partial charge is 0.354 e. The summed E-state index contributed by atoms with van der Waals surface area (Å²) in [7, 11) is 0. The van der Waals surface area contributed by atoms with Gasteiger partial charge in [0, 0.05) is 11.3 Å². The van der Waals surface area contributed by atoms with Crippen molar-refractivity contribution >= 4 is 11.4 Å². The van der Waals surface area contributed by atoms with Gasteiger partial charge in [0.2, 0.25) is 0 Å². The fraction of sp³-hybridized carbons (Fsp3) is 0.235. The van der Waals surface area contributed by atoms with Crippen LogP contribution in [0.2, 0.25) is 0 Å². The first-order chi connectivity index (χ1) is 9.69. The summed E-state index contributed by atoms with van der Waals surface area (Å²) in [6.45, 7) is 1.73. The van der Waals surface area contributed by atoms with Gasteiger partial charge >= 0.3 is 0 Å². The van der Waals surface area contributed by atoms with Crippen molar-refractivity contribution < 1.29 is 4.39 Å². The normalized spacial score (nSPS) is 13.8. The van der Waals surface area contributed by atoms with Gasteiger partial charge in [0.25, 0.3) is 0 Å². The summed E-state index contributed by atoms with van der Waals surface area (Å²) in [5.41, 5.74) is 3.85. The first-order valence-electron chi connectivity index (χ1n) is 6.75. The molecule has 0 heterocycles. The van der Waals surface area contributed by atoms with Crippen molar-refractivity contribution in [1.29, 1.82) is 5.26 Å². The van der Waals surface area contributed by atoms with Gasteiger partial charge in [-0.05, 0) is 55.5 Å². The summed E-state index contributed by atoms with van der Waals surface area (Å²) in [5, 5.41) is 12.4. The van der Waals surface area contributed by atoms with Crippen LogP contribution in [0.4, 0.5) is 15.8 Å². The monoisotopic (exact) mass is 266 g/mol. The highest BCUT2D eigenvalue weighted by Crippen LogP contribution is 2.41.